The first-order valence-electron chi connectivity index (χ1n) is 10.5. The molecule has 1 saturated carbocycles. The van der Waals surface area contributed by atoms with Crippen LogP contribution in [0.5, 0.6) is 0 Å². The lowest BCUT2D eigenvalue weighted by Crippen LogP contribution is -2.54. The molecule has 1 aromatic carbocycles. The Morgan fingerprint density at radius 3 is 2.78 bits per heavy atom. The van der Waals surface area contributed by atoms with E-state index in [4.69, 9.17) is 0 Å². The van der Waals surface area contributed by atoms with Crippen molar-refractivity contribution in [1.29, 1.82) is 0 Å². The number of amides is 1. The minimum Gasteiger partial charge on any atom is -0.354 e. The Kier molecular flexibility index (Phi) is 5.37. The second kappa shape index (κ2) is 7.91. The van der Waals surface area contributed by atoms with Crippen molar-refractivity contribution in [2.24, 2.45) is 10.9 Å². The minimum absolute atomic E-state index is 0.211. The third kappa shape index (κ3) is 3.97. The Morgan fingerprint density at radius 2 is 1.96 bits per heavy atom. The fourth-order valence-corrected chi connectivity index (χ4v) is 4.93. The van der Waals surface area contributed by atoms with Crippen LogP contribution in [0.3, 0.4) is 0 Å². The van der Waals surface area contributed by atoms with Gasteiger partial charge in [0.25, 0.3) is 0 Å². The van der Waals surface area contributed by atoms with E-state index in [1.807, 2.05) is 7.05 Å². The molecule has 1 aromatic rings. The second-order valence-corrected chi connectivity index (χ2v) is 8.36. The van der Waals surface area contributed by atoms with Gasteiger partial charge in [0.05, 0.1) is 0 Å². The van der Waals surface area contributed by atoms with Gasteiger partial charge in [-0.1, -0.05) is 24.3 Å². The Bertz CT molecular complexity index is 712. The summed E-state index contributed by atoms with van der Waals surface area (Å²) < 4.78 is 0. The highest BCUT2D eigenvalue weighted by Gasteiger charge is 2.40. The zero-order valence-electron chi connectivity index (χ0n) is 16.5. The predicted molar refractivity (Wildman–Crippen MR) is 109 cm³/mol. The lowest BCUT2D eigenvalue weighted by atomic mass is 9.66. The number of carbonyl (C=O) groups is 1. The van der Waals surface area contributed by atoms with Gasteiger partial charge in [0.15, 0.2) is 5.96 Å². The van der Waals surface area contributed by atoms with E-state index < -0.39 is 0 Å². The van der Waals surface area contributed by atoms with Crippen LogP contribution in [0.2, 0.25) is 0 Å². The molecule has 1 spiro atoms. The van der Waals surface area contributed by atoms with E-state index >= 15 is 0 Å². The molecule has 1 heterocycles. The lowest BCUT2D eigenvalue weighted by Gasteiger charge is -2.47. The maximum Gasteiger partial charge on any atom is 0.223 e. The number of carbonyl (C=O) groups excluding carboxylic acids is 1. The normalized spacial score (nSPS) is 25.2. The van der Waals surface area contributed by atoms with E-state index in [-0.39, 0.29) is 17.2 Å². The van der Waals surface area contributed by atoms with Crippen LogP contribution in [0.15, 0.2) is 29.3 Å². The van der Waals surface area contributed by atoms with Crippen molar-refractivity contribution in [1.82, 2.24) is 15.5 Å². The SMILES string of the molecule is CN=C(NCCNC(=O)C1CC1)N1CCCC2(CCCc3ccccc32)C1. The van der Waals surface area contributed by atoms with Gasteiger partial charge in [-0.05, 0) is 56.1 Å². The fraction of sp³-hybridized carbons (Fsp3) is 0.636. The number of piperidine rings is 1. The number of hydrogen-bond donors (Lipinski definition) is 2. The first-order chi connectivity index (χ1) is 13.2. The number of likely N-dealkylation sites (tertiary alicyclic amines) is 1. The summed E-state index contributed by atoms with van der Waals surface area (Å²) in [5.74, 6) is 1.46. The highest BCUT2D eigenvalue weighted by atomic mass is 16.2. The van der Waals surface area contributed by atoms with Crippen molar-refractivity contribution < 1.29 is 4.79 Å². The van der Waals surface area contributed by atoms with Gasteiger partial charge in [0, 0.05) is 44.6 Å². The van der Waals surface area contributed by atoms with Crippen LogP contribution in [0.25, 0.3) is 0 Å². The maximum atomic E-state index is 11.8. The molecule has 0 radical (unpaired) electrons. The van der Waals surface area contributed by atoms with Gasteiger partial charge in [-0.15, -0.1) is 0 Å². The van der Waals surface area contributed by atoms with Crippen molar-refractivity contribution >= 4 is 11.9 Å². The molecule has 2 aliphatic carbocycles. The van der Waals surface area contributed by atoms with E-state index in [1.54, 1.807) is 5.56 Å². The molecule has 146 valence electrons. The largest absolute Gasteiger partial charge is 0.354 e. The zero-order chi connectivity index (χ0) is 18.7. The summed E-state index contributed by atoms with van der Waals surface area (Å²) in [6, 6.07) is 9.03. The van der Waals surface area contributed by atoms with E-state index in [0.29, 0.717) is 6.54 Å². The molecule has 1 saturated heterocycles. The van der Waals surface area contributed by atoms with Gasteiger partial charge in [0.2, 0.25) is 5.91 Å². The average Bonchev–Trinajstić information content (AvgIpc) is 3.54. The predicted octanol–water partition coefficient (Wildman–Crippen LogP) is 2.46. The first kappa shape index (κ1) is 18.3. The number of hydrogen-bond acceptors (Lipinski definition) is 2. The van der Waals surface area contributed by atoms with E-state index in [9.17, 15) is 4.79 Å². The van der Waals surface area contributed by atoms with Crippen molar-refractivity contribution in [3.63, 3.8) is 0 Å². The standard InChI is InChI=1S/C22H32N4O/c1-23-21(25-14-13-24-20(27)18-9-10-18)26-15-5-12-22(16-26)11-4-7-17-6-2-3-8-19(17)22/h2-3,6,8,18H,4-5,7,9-16H2,1H3,(H,23,25)(H,24,27). The molecule has 0 aromatic heterocycles. The minimum atomic E-state index is 0.211. The molecule has 3 aliphatic rings. The Labute approximate surface area is 162 Å². The number of nitrogens with zero attached hydrogens (tertiary/aromatic N) is 2. The highest BCUT2D eigenvalue weighted by Crippen LogP contribution is 2.43. The Hall–Kier alpha value is -2.04. The van der Waals surface area contributed by atoms with E-state index in [0.717, 1.165) is 38.4 Å². The zero-order valence-corrected chi connectivity index (χ0v) is 16.5. The quantitative estimate of drug-likeness (QED) is 0.488. The summed E-state index contributed by atoms with van der Waals surface area (Å²) in [4.78, 5) is 18.7. The number of aryl methyl sites for hydroxylation is 1. The smallest absolute Gasteiger partial charge is 0.223 e. The number of guanidine groups is 1. The van der Waals surface area contributed by atoms with Gasteiger partial charge in [0.1, 0.15) is 0 Å². The van der Waals surface area contributed by atoms with Crippen LogP contribution in [0, 0.1) is 5.92 Å². The molecule has 4 rings (SSSR count). The fourth-order valence-electron chi connectivity index (χ4n) is 4.93. The molecule has 0 bridgehead atoms. The Balaban J connectivity index is 1.37. The highest BCUT2D eigenvalue weighted by molar-refractivity contribution is 5.81. The number of nitrogens with one attached hydrogen (secondary N) is 2. The van der Waals surface area contributed by atoms with Crippen LogP contribution in [-0.2, 0) is 16.6 Å². The maximum absolute atomic E-state index is 11.8. The van der Waals surface area contributed by atoms with Crippen molar-refractivity contribution in [2.45, 2.75) is 50.4 Å². The number of benzene rings is 1. The third-order valence-electron chi connectivity index (χ3n) is 6.43. The summed E-state index contributed by atoms with van der Waals surface area (Å²) in [6.07, 6.45) is 8.35. The summed E-state index contributed by atoms with van der Waals surface area (Å²) >= 11 is 0. The number of aliphatic imine (C=N–C) groups is 1. The summed E-state index contributed by atoms with van der Waals surface area (Å²) in [6.45, 7) is 3.48. The molecule has 2 N–H and O–H groups in total. The van der Waals surface area contributed by atoms with Crippen LogP contribution in [-0.4, -0.2) is 50.0 Å². The van der Waals surface area contributed by atoms with Crippen molar-refractivity contribution in [3.05, 3.63) is 35.4 Å². The van der Waals surface area contributed by atoms with E-state index in [2.05, 4.69) is 44.8 Å². The summed E-state index contributed by atoms with van der Waals surface area (Å²) in [5, 5.41) is 6.48. The van der Waals surface area contributed by atoms with Gasteiger partial charge in [-0.2, -0.15) is 0 Å². The third-order valence-corrected chi connectivity index (χ3v) is 6.43. The Morgan fingerprint density at radius 1 is 1.19 bits per heavy atom. The molecule has 1 unspecified atom stereocenters. The van der Waals surface area contributed by atoms with E-state index in [1.165, 1.54) is 37.7 Å². The number of fused-ring (bicyclic) bond motifs is 2. The van der Waals surface area contributed by atoms with Gasteiger partial charge in [-0.3, -0.25) is 9.79 Å². The number of rotatable bonds is 4. The molecule has 2 fully saturated rings. The lowest BCUT2D eigenvalue weighted by molar-refractivity contribution is -0.122. The van der Waals surface area contributed by atoms with Crippen LogP contribution >= 0.6 is 0 Å². The molecule has 27 heavy (non-hydrogen) atoms. The van der Waals surface area contributed by atoms with Crippen molar-refractivity contribution in [3.8, 4) is 0 Å². The molecule has 5 heteroatoms. The van der Waals surface area contributed by atoms with Crippen molar-refractivity contribution in [2.75, 3.05) is 33.2 Å². The monoisotopic (exact) mass is 368 g/mol. The second-order valence-electron chi connectivity index (χ2n) is 8.36. The topological polar surface area (TPSA) is 56.7 Å². The molecule has 1 atom stereocenters. The van der Waals surface area contributed by atoms with Crippen LogP contribution in [0.4, 0.5) is 0 Å². The van der Waals surface area contributed by atoms with Crippen LogP contribution < -0.4 is 10.6 Å². The van der Waals surface area contributed by atoms with Gasteiger partial charge >= 0.3 is 0 Å². The summed E-state index contributed by atoms with van der Waals surface area (Å²) in [5.41, 5.74) is 3.37. The molecule has 5 nitrogen and oxygen atoms in total. The van der Waals surface area contributed by atoms with Crippen LogP contribution in [0.1, 0.15) is 49.7 Å². The van der Waals surface area contributed by atoms with Gasteiger partial charge in [-0.25, -0.2) is 0 Å². The average molecular weight is 369 g/mol. The molecule has 1 amide bonds. The summed E-state index contributed by atoms with van der Waals surface area (Å²) in [7, 11) is 1.86. The molecular formula is C22H32N4O. The molecular weight excluding hydrogens is 336 g/mol. The first-order valence-corrected chi connectivity index (χ1v) is 10.5. The van der Waals surface area contributed by atoms with Gasteiger partial charge < -0.3 is 15.5 Å². The molecule has 1 aliphatic heterocycles.